The van der Waals surface area contributed by atoms with Gasteiger partial charge >= 0.3 is 5.69 Å². The minimum absolute atomic E-state index is 0.173. The van der Waals surface area contributed by atoms with Crippen LogP contribution in [0.25, 0.3) is 0 Å². The first-order valence-corrected chi connectivity index (χ1v) is 6.87. The number of amides is 1. The van der Waals surface area contributed by atoms with Crippen LogP contribution in [0.2, 0.25) is 0 Å². The van der Waals surface area contributed by atoms with Gasteiger partial charge in [-0.1, -0.05) is 0 Å². The number of aryl methyl sites for hydroxylation is 1. The van der Waals surface area contributed by atoms with Gasteiger partial charge in [0.15, 0.2) is 0 Å². The number of aromatic nitrogens is 2. The lowest BCUT2D eigenvalue weighted by atomic mass is 10.2. The van der Waals surface area contributed by atoms with Crippen LogP contribution in [-0.4, -0.2) is 38.6 Å². The van der Waals surface area contributed by atoms with E-state index in [1.165, 1.54) is 7.05 Å². The predicted molar refractivity (Wildman–Crippen MR) is 82.4 cm³/mol. The van der Waals surface area contributed by atoms with Gasteiger partial charge in [-0.2, -0.15) is 5.10 Å². The molecule has 138 valence electrons. The average molecular weight is 371 g/mol. The first-order chi connectivity index (χ1) is 12.2. The Kier molecular flexibility index (Phi) is 5.39. The van der Waals surface area contributed by atoms with E-state index in [2.05, 4.69) is 10.4 Å². The number of alkyl halides is 2. The second-order valence-electron chi connectivity index (χ2n) is 4.92. The topological polar surface area (TPSA) is 142 Å². The molecule has 1 aromatic carbocycles. The second kappa shape index (κ2) is 7.50. The molecule has 0 bridgehead atoms. The zero-order valence-electron chi connectivity index (χ0n) is 13.1. The lowest BCUT2D eigenvalue weighted by molar-refractivity contribution is -0.385. The van der Waals surface area contributed by atoms with Crippen LogP contribution in [0.3, 0.4) is 0 Å². The molecule has 11 nitrogen and oxygen atoms in total. The molecule has 13 heteroatoms. The number of rotatable bonds is 7. The Hall–Kier alpha value is -3.64. The van der Waals surface area contributed by atoms with Crippen LogP contribution in [0.4, 0.5) is 25.8 Å². The summed E-state index contributed by atoms with van der Waals surface area (Å²) < 4.78 is 30.2. The van der Waals surface area contributed by atoms with E-state index < -0.39 is 45.9 Å². The zero-order chi connectivity index (χ0) is 19.4. The number of carbonyl (C=O) groups is 1. The molecule has 1 aromatic heterocycles. The molecule has 1 amide bonds. The molecule has 0 unspecified atom stereocenters. The van der Waals surface area contributed by atoms with E-state index in [1.54, 1.807) is 0 Å². The Bertz CT molecular complexity index is 869. The number of halogens is 2. The number of nitro groups is 2. The molecule has 0 aliphatic rings. The summed E-state index contributed by atoms with van der Waals surface area (Å²) in [6, 6.07) is 2.92. The van der Waals surface area contributed by atoms with Crippen molar-refractivity contribution in [1.82, 2.24) is 9.78 Å². The van der Waals surface area contributed by atoms with Gasteiger partial charge in [0, 0.05) is 19.2 Å². The van der Waals surface area contributed by atoms with Gasteiger partial charge in [0.2, 0.25) is 5.69 Å². The van der Waals surface area contributed by atoms with E-state index in [-0.39, 0.29) is 11.4 Å². The van der Waals surface area contributed by atoms with E-state index >= 15 is 0 Å². The van der Waals surface area contributed by atoms with Crippen molar-refractivity contribution >= 4 is 23.0 Å². The summed E-state index contributed by atoms with van der Waals surface area (Å²) in [4.78, 5) is 32.4. The molecular weight excluding hydrogens is 360 g/mol. The van der Waals surface area contributed by atoms with Gasteiger partial charge < -0.3 is 10.1 Å². The standard InChI is InChI=1S/C13H11F2N5O6/c1-18-5-10(20(24)25)12(17-18)13(21)16-7-2-8(19(22)23)4-9(3-7)26-6-11(14)15/h2-5,11H,6H2,1H3,(H,16,21). The van der Waals surface area contributed by atoms with Crippen LogP contribution >= 0.6 is 0 Å². The summed E-state index contributed by atoms with van der Waals surface area (Å²) in [7, 11) is 1.37. The van der Waals surface area contributed by atoms with Crippen molar-refractivity contribution in [3.05, 3.63) is 50.3 Å². The number of ether oxygens (including phenoxy) is 1. The summed E-state index contributed by atoms with van der Waals surface area (Å²) in [5, 5.41) is 27.7. The van der Waals surface area contributed by atoms with Gasteiger partial charge in [-0.15, -0.1) is 0 Å². The number of nitrogens with one attached hydrogen (secondary N) is 1. The van der Waals surface area contributed by atoms with Crippen molar-refractivity contribution < 1.29 is 28.2 Å². The molecule has 0 aliphatic carbocycles. The van der Waals surface area contributed by atoms with Gasteiger partial charge in [0.25, 0.3) is 18.0 Å². The molecule has 1 heterocycles. The predicted octanol–water partition coefficient (Wildman–Crippen LogP) is 2.13. The number of benzene rings is 1. The Labute approximate surface area is 143 Å². The lowest BCUT2D eigenvalue weighted by Crippen LogP contribution is -2.15. The highest BCUT2D eigenvalue weighted by atomic mass is 19.3. The summed E-state index contributed by atoms with van der Waals surface area (Å²) in [5.41, 5.74) is -1.78. The zero-order valence-corrected chi connectivity index (χ0v) is 13.1. The lowest BCUT2D eigenvalue weighted by Gasteiger charge is -2.08. The highest BCUT2D eigenvalue weighted by Gasteiger charge is 2.25. The molecule has 1 N–H and O–H groups in total. The van der Waals surface area contributed by atoms with Crippen molar-refractivity contribution in [1.29, 1.82) is 0 Å². The third-order valence-electron chi connectivity index (χ3n) is 2.96. The molecule has 0 saturated heterocycles. The molecule has 0 radical (unpaired) electrons. The monoisotopic (exact) mass is 371 g/mol. The van der Waals surface area contributed by atoms with Crippen LogP contribution in [0.15, 0.2) is 24.4 Å². The summed E-state index contributed by atoms with van der Waals surface area (Å²) >= 11 is 0. The summed E-state index contributed by atoms with van der Waals surface area (Å²) in [6.07, 6.45) is -1.79. The fourth-order valence-corrected chi connectivity index (χ4v) is 1.97. The Morgan fingerprint density at radius 3 is 2.58 bits per heavy atom. The highest BCUT2D eigenvalue weighted by molar-refractivity contribution is 6.05. The van der Waals surface area contributed by atoms with E-state index in [4.69, 9.17) is 4.74 Å². The molecule has 2 rings (SSSR count). The van der Waals surface area contributed by atoms with Crippen molar-refractivity contribution in [2.45, 2.75) is 6.43 Å². The highest BCUT2D eigenvalue weighted by Crippen LogP contribution is 2.27. The van der Waals surface area contributed by atoms with E-state index in [0.717, 1.165) is 29.1 Å². The maximum Gasteiger partial charge on any atom is 0.320 e. The van der Waals surface area contributed by atoms with E-state index in [1.807, 2.05) is 0 Å². The average Bonchev–Trinajstić information content (AvgIpc) is 2.95. The third-order valence-corrected chi connectivity index (χ3v) is 2.96. The fraction of sp³-hybridized carbons (Fsp3) is 0.231. The maximum atomic E-state index is 12.2. The number of nitro benzene ring substituents is 1. The molecule has 26 heavy (non-hydrogen) atoms. The SMILES string of the molecule is Cn1cc([N+](=O)[O-])c(C(=O)Nc2cc(OCC(F)F)cc([N+](=O)[O-])c2)n1. The Balaban J connectivity index is 2.31. The Morgan fingerprint density at radius 2 is 2.00 bits per heavy atom. The minimum Gasteiger partial charge on any atom is -0.487 e. The minimum atomic E-state index is -2.80. The fourth-order valence-electron chi connectivity index (χ4n) is 1.97. The van der Waals surface area contributed by atoms with Gasteiger partial charge in [-0.3, -0.25) is 29.7 Å². The van der Waals surface area contributed by atoms with Crippen LogP contribution in [0, 0.1) is 20.2 Å². The molecular formula is C13H11F2N5O6. The van der Waals surface area contributed by atoms with Gasteiger partial charge in [-0.25, -0.2) is 8.78 Å². The Morgan fingerprint density at radius 1 is 1.31 bits per heavy atom. The largest absolute Gasteiger partial charge is 0.487 e. The number of nitrogens with zero attached hydrogens (tertiary/aromatic N) is 4. The number of hydrogen-bond donors (Lipinski definition) is 1. The quantitative estimate of drug-likeness (QED) is 0.580. The van der Waals surface area contributed by atoms with Crippen molar-refractivity contribution in [3.63, 3.8) is 0 Å². The smallest absolute Gasteiger partial charge is 0.320 e. The van der Waals surface area contributed by atoms with E-state index in [0.29, 0.717) is 0 Å². The first-order valence-electron chi connectivity index (χ1n) is 6.87. The van der Waals surface area contributed by atoms with Crippen LogP contribution in [-0.2, 0) is 7.05 Å². The van der Waals surface area contributed by atoms with Crippen molar-refractivity contribution in [2.24, 2.45) is 7.05 Å². The number of hydrogen-bond acceptors (Lipinski definition) is 7. The molecule has 0 saturated carbocycles. The van der Waals surface area contributed by atoms with Crippen molar-refractivity contribution in [2.75, 3.05) is 11.9 Å². The molecule has 0 aliphatic heterocycles. The molecule has 0 spiro atoms. The molecule has 0 fully saturated rings. The summed E-state index contributed by atoms with van der Waals surface area (Å²) in [6.45, 7) is -1.000. The van der Waals surface area contributed by atoms with Crippen LogP contribution in [0.5, 0.6) is 5.75 Å². The number of anilines is 1. The van der Waals surface area contributed by atoms with Gasteiger partial charge in [0.1, 0.15) is 18.6 Å². The van der Waals surface area contributed by atoms with Crippen molar-refractivity contribution in [3.8, 4) is 5.75 Å². The van der Waals surface area contributed by atoms with Crippen LogP contribution < -0.4 is 10.1 Å². The summed E-state index contributed by atoms with van der Waals surface area (Å²) in [5.74, 6) is -1.28. The van der Waals surface area contributed by atoms with E-state index in [9.17, 15) is 33.8 Å². The number of carbonyl (C=O) groups excluding carboxylic acids is 1. The van der Waals surface area contributed by atoms with Gasteiger partial charge in [-0.05, 0) is 0 Å². The van der Waals surface area contributed by atoms with Crippen LogP contribution in [0.1, 0.15) is 10.5 Å². The molecule has 2 aromatic rings. The normalized spacial score (nSPS) is 10.6. The first kappa shape index (κ1) is 18.7. The molecule has 0 atom stereocenters. The second-order valence-corrected chi connectivity index (χ2v) is 4.92. The number of non-ortho nitro benzene ring substituents is 1. The third kappa shape index (κ3) is 4.46. The van der Waals surface area contributed by atoms with Gasteiger partial charge in [0.05, 0.1) is 21.6 Å². The maximum absolute atomic E-state index is 12.2.